The van der Waals surface area contributed by atoms with Gasteiger partial charge in [0.1, 0.15) is 11.4 Å². The Balaban J connectivity index is 2.28. The fraction of sp³-hybridized carbons (Fsp3) is 0.250. The molecule has 0 fully saturated rings. The molecule has 1 heterocycles. The number of hydrogen-bond acceptors (Lipinski definition) is 6. The fourth-order valence-corrected chi connectivity index (χ4v) is 3.76. The molecule has 0 aliphatic rings. The second-order valence-electron chi connectivity index (χ2n) is 7.17. The first-order valence-electron chi connectivity index (χ1n) is 10.3. The summed E-state index contributed by atoms with van der Waals surface area (Å²) in [6, 6.07) is 8.79. The predicted octanol–water partition coefficient (Wildman–Crippen LogP) is 4.84. The molecule has 7 nitrogen and oxygen atoms in total. The molecule has 1 unspecified atom stereocenters. The van der Waals surface area contributed by atoms with E-state index in [1.54, 1.807) is 38.1 Å². The summed E-state index contributed by atoms with van der Waals surface area (Å²) in [5.41, 5.74) is -0.412. The number of pyridine rings is 1. The normalized spacial score (nSPS) is 11.6. The van der Waals surface area contributed by atoms with Crippen molar-refractivity contribution in [3.8, 4) is 6.07 Å². The number of carbonyl (C=O) groups is 2. The number of nitriles is 1. The Morgan fingerprint density at radius 2 is 1.82 bits per heavy atom. The molecule has 0 N–H and O–H groups in total. The minimum atomic E-state index is -1.54. The number of benzene rings is 2. The lowest BCUT2D eigenvalue weighted by molar-refractivity contribution is -0.143. The first kappa shape index (κ1) is 25.2. The van der Waals surface area contributed by atoms with Crippen LogP contribution in [0.25, 0.3) is 10.9 Å². The zero-order valence-corrected chi connectivity index (χ0v) is 19.7. The minimum absolute atomic E-state index is 0.0111. The van der Waals surface area contributed by atoms with Gasteiger partial charge in [0.25, 0.3) is 0 Å². The number of hydrogen-bond donors (Lipinski definition) is 0. The summed E-state index contributed by atoms with van der Waals surface area (Å²) >= 11 is 12.1. The lowest BCUT2D eigenvalue weighted by Gasteiger charge is -2.16. The zero-order chi connectivity index (χ0) is 25.0. The molecule has 0 amide bonds. The quantitative estimate of drug-likeness (QED) is 0.426. The SMILES string of the molecule is CCOC(=O)c1cn(Cc2ccc(Cl)c(Cl)c2)c2cc(C(C#N)C(=O)OCC)c(F)cc2c1=O. The third kappa shape index (κ3) is 5.06. The first-order valence-corrected chi connectivity index (χ1v) is 11.0. The van der Waals surface area contributed by atoms with Crippen molar-refractivity contribution in [2.24, 2.45) is 0 Å². The topological polar surface area (TPSA) is 98.4 Å². The first-order chi connectivity index (χ1) is 16.2. The van der Waals surface area contributed by atoms with Crippen molar-refractivity contribution in [2.75, 3.05) is 13.2 Å². The maximum Gasteiger partial charge on any atom is 0.343 e. The maximum absolute atomic E-state index is 15.0. The summed E-state index contributed by atoms with van der Waals surface area (Å²) in [6.45, 7) is 3.32. The van der Waals surface area contributed by atoms with Gasteiger partial charge in [0.2, 0.25) is 5.43 Å². The van der Waals surface area contributed by atoms with Gasteiger partial charge in [-0.05, 0) is 43.7 Å². The minimum Gasteiger partial charge on any atom is -0.465 e. The van der Waals surface area contributed by atoms with Crippen LogP contribution in [0.5, 0.6) is 0 Å². The summed E-state index contributed by atoms with van der Waals surface area (Å²) < 4.78 is 26.4. The van der Waals surface area contributed by atoms with Gasteiger partial charge in [-0.2, -0.15) is 5.26 Å². The van der Waals surface area contributed by atoms with Crippen molar-refractivity contribution in [1.82, 2.24) is 4.57 Å². The summed E-state index contributed by atoms with van der Waals surface area (Å²) in [5, 5.41) is 10.0. The molecule has 0 saturated heterocycles. The van der Waals surface area contributed by atoms with E-state index >= 15 is 4.39 Å². The molecule has 0 spiro atoms. The molecule has 176 valence electrons. The molecular formula is C24H19Cl2FN2O5. The number of rotatable bonds is 7. The Morgan fingerprint density at radius 3 is 2.44 bits per heavy atom. The van der Waals surface area contributed by atoms with Gasteiger partial charge < -0.3 is 14.0 Å². The van der Waals surface area contributed by atoms with Crippen LogP contribution in [0.15, 0.2) is 41.3 Å². The highest BCUT2D eigenvalue weighted by Crippen LogP contribution is 2.27. The molecule has 1 aromatic heterocycles. The van der Waals surface area contributed by atoms with Crippen molar-refractivity contribution >= 4 is 46.0 Å². The Bertz CT molecular complexity index is 1380. The number of nitrogens with zero attached hydrogens (tertiary/aromatic N) is 2. The third-order valence-corrected chi connectivity index (χ3v) is 5.73. The van der Waals surface area contributed by atoms with Gasteiger partial charge in [-0.3, -0.25) is 9.59 Å². The van der Waals surface area contributed by atoms with E-state index in [9.17, 15) is 19.6 Å². The molecule has 10 heteroatoms. The van der Waals surface area contributed by atoms with Crippen LogP contribution in [-0.2, 0) is 20.8 Å². The summed E-state index contributed by atoms with van der Waals surface area (Å²) in [5.74, 6) is -4.26. The van der Waals surface area contributed by atoms with Crippen molar-refractivity contribution in [2.45, 2.75) is 26.3 Å². The zero-order valence-electron chi connectivity index (χ0n) is 18.2. The largest absolute Gasteiger partial charge is 0.465 e. The fourth-order valence-electron chi connectivity index (χ4n) is 3.44. The third-order valence-electron chi connectivity index (χ3n) is 4.99. The van der Waals surface area contributed by atoms with Crippen molar-refractivity contribution in [1.29, 1.82) is 5.26 Å². The summed E-state index contributed by atoms with van der Waals surface area (Å²) in [7, 11) is 0. The number of carbonyl (C=O) groups excluding carboxylic acids is 2. The molecule has 3 aromatic rings. The standard InChI is InChI=1S/C24H19Cl2FN2O5/c1-3-33-23(31)16(10-28)14-9-21-15(8-20(14)27)22(30)17(24(32)34-4-2)12-29(21)11-13-5-6-18(25)19(26)7-13/h5-9,12,16H,3-4,11H2,1-2H3. The molecule has 0 aliphatic carbocycles. The molecular weight excluding hydrogens is 486 g/mol. The molecule has 2 aromatic carbocycles. The van der Waals surface area contributed by atoms with E-state index in [0.717, 1.165) is 6.07 Å². The molecule has 3 rings (SSSR count). The maximum atomic E-state index is 15.0. The van der Waals surface area contributed by atoms with Gasteiger partial charge in [-0.15, -0.1) is 0 Å². The summed E-state index contributed by atoms with van der Waals surface area (Å²) in [4.78, 5) is 37.6. The molecule has 1 atom stereocenters. The van der Waals surface area contributed by atoms with Gasteiger partial charge in [-0.1, -0.05) is 29.3 Å². The molecule has 0 radical (unpaired) electrons. The van der Waals surface area contributed by atoms with E-state index in [1.807, 2.05) is 0 Å². The smallest absolute Gasteiger partial charge is 0.343 e. The summed E-state index contributed by atoms with van der Waals surface area (Å²) in [6.07, 6.45) is 1.29. The van der Waals surface area contributed by atoms with Crippen LogP contribution >= 0.6 is 23.2 Å². The van der Waals surface area contributed by atoms with E-state index in [2.05, 4.69) is 0 Å². The van der Waals surface area contributed by atoms with E-state index in [-0.39, 0.29) is 41.8 Å². The van der Waals surface area contributed by atoms with E-state index in [4.69, 9.17) is 32.7 Å². The van der Waals surface area contributed by atoms with Crippen LogP contribution in [-0.4, -0.2) is 29.7 Å². The number of halogens is 3. The Hall–Kier alpha value is -3.41. The second kappa shape index (κ2) is 10.7. The predicted molar refractivity (Wildman–Crippen MR) is 125 cm³/mol. The van der Waals surface area contributed by atoms with Crippen LogP contribution in [0, 0.1) is 17.1 Å². The Morgan fingerprint density at radius 1 is 1.12 bits per heavy atom. The number of aromatic nitrogens is 1. The van der Waals surface area contributed by atoms with Gasteiger partial charge in [0, 0.05) is 23.7 Å². The highest BCUT2D eigenvalue weighted by molar-refractivity contribution is 6.42. The van der Waals surface area contributed by atoms with E-state index < -0.39 is 29.1 Å². The van der Waals surface area contributed by atoms with Crippen LogP contribution in [0.2, 0.25) is 10.0 Å². The molecule has 0 aliphatic heterocycles. The van der Waals surface area contributed by atoms with Crippen LogP contribution in [0.1, 0.15) is 41.3 Å². The Kier molecular flexibility index (Phi) is 7.92. The van der Waals surface area contributed by atoms with Gasteiger partial charge in [-0.25, -0.2) is 9.18 Å². The molecule has 0 saturated carbocycles. The van der Waals surface area contributed by atoms with Crippen LogP contribution in [0.4, 0.5) is 4.39 Å². The average molecular weight is 505 g/mol. The monoisotopic (exact) mass is 504 g/mol. The Labute approximate surface area is 204 Å². The van der Waals surface area contributed by atoms with Crippen molar-refractivity contribution in [3.05, 3.63) is 79.3 Å². The lowest BCUT2D eigenvalue weighted by Crippen LogP contribution is -2.22. The highest BCUT2D eigenvalue weighted by atomic mass is 35.5. The van der Waals surface area contributed by atoms with Gasteiger partial charge >= 0.3 is 11.9 Å². The molecule has 0 bridgehead atoms. The lowest BCUT2D eigenvalue weighted by atomic mass is 9.97. The molecule has 34 heavy (non-hydrogen) atoms. The van der Waals surface area contributed by atoms with Gasteiger partial charge in [0.15, 0.2) is 5.92 Å². The second-order valence-corrected chi connectivity index (χ2v) is 7.99. The number of esters is 2. The van der Waals surface area contributed by atoms with E-state index in [0.29, 0.717) is 15.6 Å². The highest BCUT2D eigenvalue weighted by Gasteiger charge is 2.27. The number of fused-ring (bicyclic) bond motifs is 1. The average Bonchev–Trinajstić information content (AvgIpc) is 2.79. The van der Waals surface area contributed by atoms with Crippen molar-refractivity contribution in [3.63, 3.8) is 0 Å². The van der Waals surface area contributed by atoms with Crippen LogP contribution in [0.3, 0.4) is 0 Å². The van der Waals surface area contributed by atoms with Crippen LogP contribution < -0.4 is 5.43 Å². The van der Waals surface area contributed by atoms with Crippen molar-refractivity contribution < 1.29 is 23.5 Å². The number of ether oxygens (including phenoxy) is 2. The van der Waals surface area contributed by atoms with E-state index in [1.165, 1.54) is 16.8 Å². The van der Waals surface area contributed by atoms with Gasteiger partial charge in [0.05, 0.1) is 34.8 Å².